The van der Waals surface area contributed by atoms with Gasteiger partial charge in [-0.25, -0.2) is 5.48 Å². The van der Waals surface area contributed by atoms with Crippen molar-refractivity contribution < 1.29 is 19.6 Å². The van der Waals surface area contributed by atoms with Crippen LogP contribution in [0.1, 0.15) is 38.5 Å². The molecule has 0 atom stereocenters. The third-order valence-electron chi connectivity index (χ3n) is 2.86. The summed E-state index contributed by atoms with van der Waals surface area (Å²) in [5, 5.41) is 11.0. The van der Waals surface area contributed by atoms with Crippen LogP contribution in [0.5, 0.6) is 0 Å². The smallest absolute Gasteiger partial charge is 0.310 e. The van der Waals surface area contributed by atoms with E-state index in [2.05, 4.69) is 10.3 Å². The minimum absolute atomic E-state index is 0.0706. The predicted molar refractivity (Wildman–Crippen MR) is 75.5 cm³/mol. The lowest BCUT2D eigenvalue weighted by Gasteiger charge is -2.04. The summed E-state index contributed by atoms with van der Waals surface area (Å²) in [6.07, 6.45) is 6.56. The minimum atomic E-state index is -0.981. The summed E-state index contributed by atoms with van der Waals surface area (Å²) in [7, 11) is 0. The summed E-state index contributed by atoms with van der Waals surface area (Å²) in [4.78, 5) is 37.3. The van der Waals surface area contributed by atoms with E-state index in [1.54, 1.807) is 24.5 Å². The Labute approximate surface area is 122 Å². The van der Waals surface area contributed by atoms with E-state index in [0.717, 1.165) is 12.8 Å². The highest BCUT2D eigenvalue weighted by molar-refractivity contribution is 6.35. The van der Waals surface area contributed by atoms with E-state index >= 15 is 0 Å². The first-order chi connectivity index (χ1) is 10.1. The number of nitrogens with one attached hydrogen (secondary N) is 2. The van der Waals surface area contributed by atoms with E-state index in [-0.39, 0.29) is 12.3 Å². The second kappa shape index (κ2) is 9.60. The van der Waals surface area contributed by atoms with E-state index in [0.29, 0.717) is 24.9 Å². The zero-order chi connectivity index (χ0) is 15.5. The van der Waals surface area contributed by atoms with Gasteiger partial charge in [0, 0.05) is 19.0 Å². The van der Waals surface area contributed by atoms with Crippen molar-refractivity contribution >= 4 is 23.3 Å². The number of unbranched alkanes of at least 4 members (excludes halogenated alkanes) is 3. The first-order valence-corrected chi connectivity index (χ1v) is 6.80. The van der Waals surface area contributed by atoms with E-state index < -0.39 is 11.7 Å². The highest BCUT2D eigenvalue weighted by Crippen LogP contribution is 2.08. The van der Waals surface area contributed by atoms with Crippen LogP contribution in [0.2, 0.25) is 0 Å². The van der Waals surface area contributed by atoms with Gasteiger partial charge in [-0.1, -0.05) is 12.8 Å². The lowest BCUT2D eigenvalue weighted by Crippen LogP contribution is -2.27. The standard InChI is InChI=1S/C14H19N3O4/c18-12(14(20)17-21)7-3-1-2-4-8-13(19)16-11-6-5-9-15-10-11/h5-6,9-10,21H,1-4,7-8H2,(H,16,19)(H,17,20). The topological polar surface area (TPSA) is 108 Å². The SMILES string of the molecule is O=C(CCCCCCC(=O)C(=O)NO)Nc1cccnc1. The fourth-order valence-electron chi connectivity index (χ4n) is 1.76. The van der Waals surface area contributed by atoms with E-state index in [1.165, 1.54) is 5.48 Å². The Balaban J connectivity index is 2.05. The van der Waals surface area contributed by atoms with Crippen LogP contribution in [-0.4, -0.2) is 27.8 Å². The van der Waals surface area contributed by atoms with Crippen molar-refractivity contribution in [1.82, 2.24) is 10.5 Å². The number of hydrogen-bond acceptors (Lipinski definition) is 5. The molecule has 0 radical (unpaired) electrons. The number of hydrogen-bond donors (Lipinski definition) is 3. The molecule has 21 heavy (non-hydrogen) atoms. The van der Waals surface area contributed by atoms with Crippen LogP contribution < -0.4 is 10.8 Å². The van der Waals surface area contributed by atoms with Crippen LogP contribution in [0.4, 0.5) is 5.69 Å². The number of anilines is 1. The number of nitrogens with zero attached hydrogens (tertiary/aromatic N) is 1. The van der Waals surface area contributed by atoms with E-state index in [9.17, 15) is 14.4 Å². The number of rotatable bonds is 9. The molecule has 0 aliphatic rings. The first kappa shape index (κ1) is 16.8. The fraction of sp³-hybridized carbons (Fsp3) is 0.429. The quantitative estimate of drug-likeness (QED) is 0.276. The molecule has 0 bridgehead atoms. The predicted octanol–water partition coefficient (Wildman–Crippen LogP) is 1.44. The molecule has 114 valence electrons. The van der Waals surface area contributed by atoms with Crippen molar-refractivity contribution in [3.63, 3.8) is 0 Å². The molecular weight excluding hydrogens is 274 g/mol. The molecule has 0 saturated carbocycles. The average molecular weight is 293 g/mol. The number of pyridine rings is 1. The molecule has 2 amide bonds. The van der Waals surface area contributed by atoms with Gasteiger partial charge in [0.25, 0.3) is 0 Å². The molecule has 7 heteroatoms. The Morgan fingerprint density at radius 2 is 1.81 bits per heavy atom. The number of carbonyl (C=O) groups excluding carboxylic acids is 3. The van der Waals surface area contributed by atoms with Crippen LogP contribution >= 0.6 is 0 Å². The molecule has 0 aliphatic carbocycles. The van der Waals surface area contributed by atoms with Crippen LogP contribution in [0.3, 0.4) is 0 Å². The number of amides is 2. The minimum Gasteiger partial charge on any atom is -0.325 e. The molecule has 0 unspecified atom stereocenters. The molecule has 1 rings (SSSR count). The maximum absolute atomic E-state index is 11.6. The van der Waals surface area contributed by atoms with Gasteiger partial charge in [0.15, 0.2) is 0 Å². The van der Waals surface area contributed by atoms with Gasteiger partial charge in [0.2, 0.25) is 11.7 Å². The van der Waals surface area contributed by atoms with Crippen molar-refractivity contribution in [1.29, 1.82) is 0 Å². The maximum atomic E-state index is 11.6. The maximum Gasteiger partial charge on any atom is 0.310 e. The second-order valence-corrected chi connectivity index (χ2v) is 4.57. The van der Waals surface area contributed by atoms with Gasteiger partial charge < -0.3 is 5.32 Å². The Bertz CT molecular complexity index is 476. The summed E-state index contributed by atoms with van der Waals surface area (Å²) in [6, 6.07) is 3.51. The van der Waals surface area contributed by atoms with Gasteiger partial charge in [-0.2, -0.15) is 0 Å². The number of Topliss-reactive ketones (excluding diaryl/α,β-unsaturated/α-hetero) is 1. The van der Waals surface area contributed by atoms with E-state index in [4.69, 9.17) is 5.21 Å². The van der Waals surface area contributed by atoms with Gasteiger partial charge in [-0.15, -0.1) is 0 Å². The molecule has 0 fully saturated rings. The number of ketones is 1. The van der Waals surface area contributed by atoms with Gasteiger partial charge >= 0.3 is 5.91 Å². The van der Waals surface area contributed by atoms with Crippen LogP contribution in [0.15, 0.2) is 24.5 Å². The Kier molecular flexibility index (Phi) is 7.67. The average Bonchev–Trinajstić information content (AvgIpc) is 2.50. The number of carbonyl (C=O) groups is 3. The van der Waals surface area contributed by atoms with Crippen molar-refractivity contribution in [2.45, 2.75) is 38.5 Å². The lowest BCUT2D eigenvalue weighted by molar-refractivity contribution is -0.143. The van der Waals surface area contributed by atoms with Gasteiger partial charge in [-0.05, 0) is 25.0 Å². The normalized spacial score (nSPS) is 9.95. The molecule has 0 aromatic carbocycles. The summed E-state index contributed by atoms with van der Waals surface area (Å²) in [5.74, 6) is -1.68. The summed E-state index contributed by atoms with van der Waals surface area (Å²) in [6.45, 7) is 0. The highest BCUT2D eigenvalue weighted by Gasteiger charge is 2.11. The van der Waals surface area contributed by atoms with Crippen molar-refractivity contribution in [2.75, 3.05) is 5.32 Å². The zero-order valence-electron chi connectivity index (χ0n) is 11.7. The second-order valence-electron chi connectivity index (χ2n) is 4.57. The number of hydroxylamine groups is 1. The van der Waals surface area contributed by atoms with E-state index in [1.807, 2.05) is 0 Å². The number of aromatic nitrogens is 1. The Morgan fingerprint density at radius 1 is 1.10 bits per heavy atom. The highest BCUT2D eigenvalue weighted by atomic mass is 16.5. The van der Waals surface area contributed by atoms with Gasteiger partial charge in [0.05, 0.1) is 11.9 Å². The zero-order valence-corrected chi connectivity index (χ0v) is 11.7. The molecule has 1 heterocycles. The van der Waals surface area contributed by atoms with Gasteiger partial charge in [0.1, 0.15) is 0 Å². The Morgan fingerprint density at radius 3 is 2.43 bits per heavy atom. The fourth-order valence-corrected chi connectivity index (χ4v) is 1.76. The molecule has 1 aromatic rings. The molecule has 0 spiro atoms. The van der Waals surface area contributed by atoms with Crippen LogP contribution in [-0.2, 0) is 14.4 Å². The first-order valence-electron chi connectivity index (χ1n) is 6.80. The van der Waals surface area contributed by atoms with Gasteiger partial charge in [-0.3, -0.25) is 24.6 Å². The van der Waals surface area contributed by atoms with Crippen molar-refractivity contribution in [3.05, 3.63) is 24.5 Å². The molecule has 1 aromatic heterocycles. The summed E-state index contributed by atoms with van der Waals surface area (Å²) < 4.78 is 0. The van der Waals surface area contributed by atoms with Crippen molar-refractivity contribution in [3.8, 4) is 0 Å². The van der Waals surface area contributed by atoms with Crippen LogP contribution in [0.25, 0.3) is 0 Å². The molecule has 7 nitrogen and oxygen atoms in total. The Hall–Kier alpha value is -2.28. The monoisotopic (exact) mass is 293 g/mol. The molecule has 0 aliphatic heterocycles. The van der Waals surface area contributed by atoms with Crippen molar-refractivity contribution in [2.24, 2.45) is 0 Å². The van der Waals surface area contributed by atoms with Crippen LogP contribution in [0, 0.1) is 0 Å². The largest absolute Gasteiger partial charge is 0.325 e. The molecular formula is C14H19N3O4. The summed E-state index contributed by atoms with van der Waals surface area (Å²) >= 11 is 0. The molecule has 0 saturated heterocycles. The third-order valence-corrected chi connectivity index (χ3v) is 2.86. The molecule has 3 N–H and O–H groups in total. The summed E-state index contributed by atoms with van der Waals surface area (Å²) in [5.41, 5.74) is 1.98. The third kappa shape index (κ3) is 7.17. The lowest BCUT2D eigenvalue weighted by atomic mass is 10.1.